The van der Waals surface area contributed by atoms with Crippen LogP contribution < -0.4 is 0 Å². The van der Waals surface area contributed by atoms with E-state index >= 15 is 0 Å². The third-order valence-corrected chi connectivity index (χ3v) is 9.09. The number of nitrogens with zero attached hydrogens (tertiary/aromatic N) is 1. The van der Waals surface area contributed by atoms with E-state index in [-0.39, 0.29) is 23.5 Å². The molecule has 0 N–H and O–H groups in total. The number of rotatable bonds is 9. The molecular weight excluding hydrogens is 607 g/mol. The van der Waals surface area contributed by atoms with E-state index in [2.05, 4.69) is 0 Å². The molecule has 1 aliphatic carbocycles. The summed E-state index contributed by atoms with van der Waals surface area (Å²) in [5.74, 6) is -3.70. The van der Waals surface area contributed by atoms with E-state index in [1.165, 1.54) is 37.1 Å². The lowest BCUT2D eigenvalue weighted by atomic mass is 9.91. The van der Waals surface area contributed by atoms with Crippen LogP contribution in [0.3, 0.4) is 0 Å². The maximum absolute atomic E-state index is 15.0. The van der Waals surface area contributed by atoms with E-state index in [1.807, 2.05) is 30.3 Å². The Morgan fingerprint density at radius 2 is 1.43 bits per heavy atom. The average Bonchev–Trinajstić information content (AvgIpc) is 3.02. The smallest absolute Gasteiger partial charge is 0.197 e. The van der Waals surface area contributed by atoms with Crippen molar-refractivity contribution in [1.82, 2.24) is 0 Å². The third kappa shape index (κ3) is 7.51. The van der Waals surface area contributed by atoms with E-state index in [0.717, 1.165) is 39.2 Å². The van der Waals surface area contributed by atoms with Gasteiger partial charge in [0, 0.05) is 22.5 Å². The normalized spacial score (nSPS) is 15.2. The van der Waals surface area contributed by atoms with Gasteiger partial charge in [0.15, 0.2) is 16.7 Å². The summed E-state index contributed by atoms with van der Waals surface area (Å²) >= 11 is 2.47. The van der Waals surface area contributed by atoms with Gasteiger partial charge in [-0.3, -0.25) is 4.79 Å². The van der Waals surface area contributed by atoms with E-state index in [0.29, 0.717) is 22.3 Å². The Balaban J connectivity index is 1.18. The highest BCUT2D eigenvalue weighted by molar-refractivity contribution is 8.13. The van der Waals surface area contributed by atoms with Crippen molar-refractivity contribution in [3.8, 4) is 28.3 Å². The van der Waals surface area contributed by atoms with Crippen LogP contribution in [0, 0.1) is 34.7 Å². The van der Waals surface area contributed by atoms with Crippen LogP contribution in [0.15, 0.2) is 113 Å². The van der Waals surface area contributed by atoms with Gasteiger partial charge in [0.05, 0.1) is 12.5 Å². The Kier molecular flexibility index (Phi) is 10.1. The molecule has 3 nitrogen and oxygen atoms in total. The number of hydrogen-bond acceptors (Lipinski definition) is 5. The van der Waals surface area contributed by atoms with Crippen LogP contribution in [0.4, 0.5) is 17.6 Å². The fourth-order valence-electron chi connectivity index (χ4n) is 4.65. The molecule has 4 aromatic carbocycles. The predicted molar refractivity (Wildman–Crippen MR) is 167 cm³/mol. The fourth-order valence-corrected chi connectivity index (χ4v) is 6.45. The Morgan fingerprint density at radius 3 is 2.00 bits per heavy atom. The maximum atomic E-state index is 15.0. The highest BCUT2D eigenvalue weighted by Crippen LogP contribution is 2.35. The number of ether oxygens (including phenoxy) is 1. The van der Waals surface area contributed by atoms with Gasteiger partial charge in [-0.25, -0.2) is 17.6 Å². The highest BCUT2D eigenvalue weighted by atomic mass is 32.2. The first-order valence-electron chi connectivity index (χ1n) is 13.6. The number of carbonyl (C=O) groups is 1. The number of allylic oxidation sites excluding steroid dienone is 4. The Labute approximate surface area is 261 Å². The van der Waals surface area contributed by atoms with Crippen molar-refractivity contribution < 1.29 is 27.1 Å². The van der Waals surface area contributed by atoms with Crippen molar-refractivity contribution in [2.75, 3.05) is 7.11 Å². The molecule has 9 heteroatoms. The van der Waals surface area contributed by atoms with Crippen LogP contribution in [-0.2, 0) is 9.53 Å². The molecule has 0 fully saturated rings. The summed E-state index contributed by atoms with van der Waals surface area (Å²) in [6.07, 6.45) is 3.24. The van der Waals surface area contributed by atoms with Gasteiger partial charge in [-0.15, -0.1) is 0 Å². The van der Waals surface area contributed by atoms with Gasteiger partial charge in [-0.05, 0) is 82.8 Å². The molecule has 2 atom stereocenters. The summed E-state index contributed by atoms with van der Waals surface area (Å²) in [6.45, 7) is 0. The van der Waals surface area contributed by atoms with Gasteiger partial charge in [0.1, 0.15) is 23.0 Å². The number of halogens is 4. The van der Waals surface area contributed by atoms with E-state index in [4.69, 9.17) is 10.00 Å². The summed E-state index contributed by atoms with van der Waals surface area (Å²) in [7, 11) is 1.54. The fraction of sp³-hybridized carbons (Fsp3) is 0.143. The van der Waals surface area contributed by atoms with Crippen LogP contribution in [0.2, 0.25) is 0 Å². The molecule has 5 rings (SSSR count). The quantitative estimate of drug-likeness (QED) is 0.105. The van der Waals surface area contributed by atoms with Crippen molar-refractivity contribution in [2.24, 2.45) is 5.92 Å². The molecule has 0 saturated carbocycles. The SMILES string of the molecule is COC(CC(=O)Sc1ccc(-c2ccc(F)c(F)c2)cc1)Sc1ccc(-c2ccc(C3=CCC(C#N)C(F)=C3)c(F)c2)cc1. The van der Waals surface area contributed by atoms with Gasteiger partial charge in [-0.1, -0.05) is 72.1 Å². The molecule has 44 heavy (non-hydrogen) atoms. The molecule has 0 aliphatic heterocycles. The van der Waals surface area contributed by atoms with Crippen LogP contribution in [0.25, 0.3) is 27.8 Å². The first-order valence-corrected chi connectivity index (χ1v) is 15.3. The molecule has 0 bridgehead atoms. The second-order valence-corrected chi connectivity index (χ2v) is 12.3. The monoisotopic (exact) mass is 631 g/mol. The van der Waals surface area contributed by atoms with E-state index in [9.17, 15) is 22.4 Å². The summed E-state index contributed by atoms with van der Waals surface area (Å²) in [6, 6.07) is 24.8. The van der Waals surface area contributed by atoms with Crippen LogP contribution in [0.1, 0.15) is 18.4 Å². The predicted octanol–water partition coefficient (Wildman–Crippen LogP) is 9.99. The number of thioether (sulfide) groups is 2. The number of carbonyl (C=O) groups excluding carboxylic acids is 1. The molecule has 0 spiro atoms. The van der Waals surface area contributed by atoms with Crippen LogP contribution >= 0.6 is 23.5 Å². The Morgan fingerprint density at radius 1 is 0.841 bits per heavy atom. The molecule has 0 aromatic heterocycles. The Bertz CT molecular complexity index is 1780. The van der Waals surface area contributed by atoms with Gasteiger partial charge in [0.25, 0.3) is 0 Å². The van der Waals surface area contributed by atoms with Crippen LogP contribution in [0.5, 0.6) is 0 Å². The molecule has 4 aromatic rings. The molecule has 1 aliphatic rings. The largest absolute Gasteiger partial charge is 0.370 e. The number of benzene rings is 4. The zero-order valence-corrected chi connectivity index (χ0v) is 25.0. The molecule has 0 radical (unpaired) electrons. The first-order chi connectivity index (χ1) is 21.2. The van der Waals surface area contributed by atoms with Crippen molar-refractivity contribution in [3.05, 3.63) is 126 Å². The minimum Gasteiger partial charge on any atom is -0.370 e. The Hall–Kier alpha value is -4.10. The van der Waals surface area contributed by atoms with E-state index in [1.54, 1.807) is 42.5 Å². The highest BCUT2D eigenvalue weighted by Gasteiger charge is 2.20. The summed E-state index contributed by atoms with van der Waals surface area (Å²) < 4.78 is 61.4. The number of hydrogen-bond donors (Lipinski definition) is 0. The summed E-state index contributed by atoms with van der Waals surface area (Å²) in [5.41, 5.74) is 2.95. The minimum atomic E-state index is -0.919. The average molecular weight is 632 g/mol. The van der Waals surface area contributed by atoms with Gasteiger partial charge < -0.3 is 4.74 Å². The zero-order chi connectivity index (χ0) is 31.2. The van der Waals surface area contributed by atoms with Gasteiger partial charge >= 0.3 is 0 Å². The third-order valence-electron chi connectivity index (χ3n) is 7.03. The van der Waals surface area contributed by atoms with Crippen molar-refractivity contribution in [3.63, 3.8) is 0 Å². The molecule has 2 unspecified atom stereocenters. The molecular formula is C35H25F4NO2S2. The molecule has 0 saturated heterocycles. The maximum Gasteiger partial charge on any atom is 0.197 e. The number of methoxy groups -OCH3 is 1. The summed E-state index contributed by atoms with van der Waals surface area (Å²) in [5, 5.41) is 8.89. The number of nitriles is 1. The van der Waals surface area contributed by atoms with E-state index < -0.39 is 34.6 Å². The first kappa shape index (κ1) is 31.3. The topological polar surface area (TPSA) is 50.1 Å². The minimum absolute atomic E-state index is 0.0944. The second kappa shape index (κ2) is 14.1. The summed E-state index contributed by atoms with van der Waals surface area (Å²) in [4.78, 5) is 14.4. The van der Waals surface area contributed by atoms with Gasteiger partial charge in [-0.2, -0.15) is 5.26 Å². The van der Waals surface area contributed by atoms with Crippen molar-refractivity contribution >= 4 is 34.2 Å². The molecule has 0 amide bonds. The lowest BCUT2D eigenvalue weighted by molar-refractivity contribution is -0.112. The van der Waals surface area contributed by atoms with Crippen LogP contribution in [-0.4, -0.2) is 17.7 Å². The molecule has 222 valence electrons. The molecule has 0 heterocycles. The van der Waals surface area contributed by atoms with Crippen molar-refractivity contribution in [1.29, 1.82) is 5.26 Å². The lowest BCUT2D eigenvalue weighted by Gasteiger charge is -2.15. The van der Waals surface area contributed by atoms with Crippen molar-refractivity contribution in [2.45, 2.75) is 28.1 Å². The van der Waals surface area contributed by atoms with Gasteiger partial charge in [0.2, 0.25) is 0 Å². The second-order valence-electron chi connectivity index (χ2n) is 9.94. The lowest BCUT2D eigenvalue weighted by Crippen LogP contribution is -2.10. The zero-order valence-electron chi connectivity index (χ0n) is 23.4. The standard InChI is InChI=1S/C35H25F4NO2S2/c1-42-35(19-34(41)43-27-10-4-22(5-11-27)24-9-15-30(36)33(39)17-24)44-28-12-6-21(7-13-28)23-8-14-29(32(38)16-23)25-2-3-26(20-40)31(37)18-25/h2,4-18,26,35H,3,19H2,1H3.